The molecule has 0 aromatic heterocycles. The molecule has 0 saturated heterocycles. The molecule has 2 rings (SSSR count). The Bertz CT molecular complexity index is 730. The monoisotopic (exact) mass is 327 g/mol. The zero-order valence-corrected chi connectivity index (χ0v) is 13.4. The van der Waals surface area contributed by atoms with E-state index in [0.29, 0.717) is 10.7 Å². The van der Waals surface area contributed by atoms with Crippen LogP contribution in [0.15, 0.2) is 52.3 Å². The van der Waals surface area contributed by atoms with E-state index in [4.69, 9.17) is 11.6 Å². The van der Waals surface area contributed by atoms with Gasteiger partial charge < -0.3 is 0 Å². The molecule has 2 aromatic rings. The van der Waals surface area contributed by atoms with Crippen molar-refractivity contribution in [2.75, 3.05) is 11.0 Å². The third kappa shape index (κ3) is 3.29. The lowest BCUT2D eigenvalue weighted by molar-refractivity contribution is 0.601. The van der Waals surface area contributed by atoms with E-state index in [0.717, 1.165) is 10.5 Å². The Labute approximate surface area is 128 Å². The molecule has 2 aromatic carbocycles. The van der Waals surface area contributed by atoms with E-state index in [2.05, 4.69) is 4.72 Å². The summed E-state index contributed by atoms with van der Waals surface area (Å²) in [5, 5.41) is 0.436. The van der Waals surface area contributed by atoms with Crippen LogP contribution in [0.25, 0.3) is 0 Å². The van der Waals surface area contributed by atoms with Crippen molar-refractivity contribution >= 4 is 39.1 Å². The predicted molar refractivity (Wildman–Crippen MR) is 85.2 cm³/mol. The van der Waals surface area contributed by atoms with Gasteiger partial charge in [0.25, 0.3) is 10.0 Å². The highest BCUT2D eigenvalue weighted by Crippen LogP contribution is 2.28. The molecule has 0 atom stereocenters. The number of rotatable bonds is 4. The number of sulfonamides is 1. The number of thioether (sulfide) groups is 1. The van der Waals surface area contributed by atoms with E-state index in [9.17, 15) is 8.42 Å². The number of nitrogens with one attached hydrogen (secondary N) is 1. The van der Waals surface area contributed by atoms with Gasteiger partial charge in [0, 0.05) is 9.92 Å². The van der Waals surface area contributed by atoms with Crippen molar-refractivity contribution in [3.8, 4) is 0 Å². The average Bonchev–Trinajstić information content (AvgIpc) is 2.42. The first-order chi connectivity index (χ1) is 9.44. The van der Waals surface area contributed by atoms with Crippen molar-refractivity contribution in [1.29, 1.82) is 0 Å². The molecule has 0 saturated carbocycles. The molecule has 106 valence electrons. The maximum Gasteiger partial charge on any atom is 0.261 e. The van der Waals surface area contributed by atoms with E-state index in [-0.39, 0.29) is 4.90 Å². The van der Waals surface area contributed by atoms with Crippen LogP contribution in [0.1, 0.15) is 5.56 Å². The maximum absolute atomic E-state index is 12.4. The smallest absolute Gasteiger partial charge is 0.261 e. The predicted octanol–water partition coefficient (Wildman–Crippen LogP) is 4.17. The maximum atomic E-state index is 12.4. The summed E-state index contributed by atoms with van der Waals surface area (Å²) in [5.41, 5.74) is 1.41. The SMILES string of the molecule is CSc1ccccc1NS(=O)(=O)c1ccc(C)c(Cl)c1. The zero-order chi connectivity index (χ0) is 14.8. The van der Waals surface area contributed by atoms with Crippen molar-refractivity contribution in [2.45, 2.75) is 16.7 Å². The van der Waals surface area contributed by atoms with Gasteiger partial charge in [0.1, 0.15) is 0 Å². The molecule has 0 fully saturated rings. The van der Waals surface area contributed by atoms with Gasteiger partial charge in [-0.15, -0.1) is 11.8 Å². The number of halogens is 1. The fourth-order valence-corrected chi connectivity index (χ4v) is 3.64. The van der Waals surface area contributed by atoms with Crippen LogP contribution in [0.3, 0.4) is 0 Å². The minimum atomic E-state index is -3.63. The Morgan fingerprint density at radius 3 is 2.50 bits per heavy atom. The Morgan fingerprint density at radius 1 is 1.15 bits per heavy atom. The summed E-state index contributed by atoms with van der Waals surface area (Å²) in [7, 11) is -3.63. The molecule has 3 nitrogen and oxygen atoms in total. The number of benzene rings is 2. The number of hydrogen-bond donors (Lipinski definition) is 1. The Balaban J connectivity index is 2.38. The van der Waals surface area contributed by atoms with Crippen LogP contribution >= 0.6 is 23.4 Å². The molecule has 0 bridgehead atoms. The summed E-state index contributed by atoms with van der Waals surface area (Å²) < 4.78 is 27.3. The molecule has 0 amide bonds. The molecular weight excluding hydrogens is 314 g/mol. The van der Waals surface area contributed by atoms with E-state index >= 15 is 0 Å². The Hall–Kier alpha value is -1.17. The highest BCUT2D eigenvalue weighted by Gasteiger charge is 2.16. The van der Waals surface area contributed by atoms with Crippen molar-refractivity contribution < 1.29 is 8.42 Å². The van der Waals surface area contributed by atoms with Gasteiger partial charge >= 0.3 is 0 Å². The molecular formula is C14H14ClNO2S2. The van der Waals surface area contributed by atoms with Crippen LogP contribution in [0.2, 0.25) is 5.02 Å². The van der Waals surface area contributed by atoms with Crippen molar-refractivity contribution in [3.63, 3.8) is 0 Å². The van der Waals surface area contributed by atoms with Gasteiger partial charge in [0.2, 0.25) is 0 Å². The summed E-state index contributed by atoms with van der Waals surface area (Å²) in [5.74, 6) is 0. The van der Waals surface area contributed by atoms with Crippen molar-refractivity contribution in [3.05, 3.63) is 53.1 Å². The normalized spacial score (nSPS) is 11.3. The molecule has 0 spiro atoms. The van der Waals surface area contributed by atoms with E-state index in [1.807, 2.05) is 25.3 Å². The van der Waals surface area contributed by atoms with E-state index in [1.54, 1.807) is 24.3 Å². The van der Waals surface area contributed by atoms with Crippen LogP contribution in [-0.2, 0) is 10.0 Å². The number of hydrogen-bond acceptors (Lipinski definition) is 3. The molecule has 0 heterocycles. The summed E-state index contributed by atoms with van der Waals surface area (Å²) >= 11 is 7.47. The topological polar surface area (TPSA) is 46.2 Å². The Morgan fingerprint density at radius 2 is 1.85 bits per heavy atom. The standard InChI is InChI=1S/C14H14ClNO2S2/c1-10-7-8-11(9-12(10)15)20(17,18)16-13-5-3-4-6-14(13)19-2/h3-9,16H,1-2H3. The van der Waals surface area contributed by atoms with Crippen LogP contribution in [0.5, 0.6) is 0 Å². The summed E-state index contributed by atoms with van der Waals surface area (Å²) in [6.07, 6.45) is 1.90. The fourth-order valence-electron chi connectivity index (χ4n) is 1.67. The van der Waals surface area contributed by atoms with Crippen molar-refractivity contribution in [2.24, 2.45) is 0 Å². The Kier molecular flexibility index (Phi) is 4.62. The highest BCUT2D eigenvalue weighted by molar-refractivity contribution is 7.99. The molecule has 6 heteroatoms. The second kappa shape index (κ2) is 6.08. The molecule has 0 unspecified atom stereocenters. The lowest BCUT2D eigenvalue weighted by atomic mass is 10.2. The number of anilines is 1. The first kappa shape index (κ1) is 15.2. The lowest BCUT2D eigenvalue weighted by Crippen LogP contribution is -2.13. The van der Waals surface area contributed by atoms with E-state index < -0.39 is 10.0 Å². The van der Waals surface area contributed by atoms with Gasteiger partial charge in [0.05, 0.1) is 10.6 Å². The van der Waals surface area contributed by atoms with Gasteiger partial charge in [-0.1, -0.05) is 29.8 Å². The second-order valence-corrected chi connectivity index (χ2v) is 7.15. The summed E-state index contributed by atoms with van der Waals surface area (Å²) in [6, 6.07) is 12.0. The molecule has 20 heavy (non-hydrogen) atoms. The molecule has 1 N–H and O–H groups in total. The molecule has 0 aliphatic heterocycles. The van der Waals surface area contributed by atoms with E-state index in [1.165, 1.54) is 17.8 Å². The highest BCUT2D eigenvalue weighted by atomic mass is 35.5. The second-order valence-electron chi connectivity index (χ2n) is 4.22. The van der Waals surface area contributed by atoms with Crippen LogP contribution in [-0.4, -0.2) is 14.7 Å². The molecule has 0 radical (unpaired) electrons. The zero-order valence-electron chi connectivity index (χ0n) is 11.1. The molecule has 0 aliphatic rings. The van der Waals surface area contributed by atoms with Gasteiger partial charge in [-0.3, -0.25) is 4.72 Å². The average molecular weight is 328 g/mol. The largest absolute Gasteiger partial charge is 0.278 e. The first-order valence-corrected chi connectivity index (χ1v) is 8.94. The number of aryl methyl sites for hydroxylation is 1. The van der Waals surface area contributed by atoms with Gasteiger partial charge in [-0.2, -0.15) is 0 Å². The van der Waals surface area contributed by atoms with Crippen molar-refractivity contribution in [1.82, 2.24) is 0 Å². The third-order valence-electron chi connectivity index (χ3n) is 2.80. The third-order valence-corrected chi connectivity index (χ3v) is 5.37. The first-order valence-electron chi connectivity index (χ1n) is 5.86. The lowest BCUT2D eigenvalue weighted by Gasteiger charge is -2.11. The van der Waals surface area contributed by atoms with Gasteiger partial charge in [-0.05, 0) is 43.0 Å². The minimum absolute atomic E-state index is 0.156. The minimum Gasteiger partial charge on any atom is -0.278 e. The van der Waals surface area contributed by atoms with Crippen LogP contribution in [0.4, 0.5) is 5.69 Å². The van der Waals surface area contributed by atoms with Gasteiger partial charge in [0.15, 0.2) is 0 Å². The number of para-hydroxylation sites is 1. The molecule has 0 aliphatic carbocycles. The van der Waals surface area contributed by atoms with Gasteiger partial charge in [-0.25, -0.2) is 8.42 Å². The summed E-state index contributed by atoms with van der Waals surface area (Å²) in [4.78, 5) is 1.03. The van der Waals surface area contributed by atoms with Crippen LogP contribution < -0.4 is 4.72 Å². The quantitative estimate of drug-likeness (QED) is 0.857. The fraction of sp³-hybridized carbons (Fsp3) is 0.143. The van der Waals surface area contributed by atoms with Crippen LogP contribution in [0, 0.1) is 6.92 Å². The summed E-state index contributed by atoms with van der Waals surface area (Å²) in [6.45, 7) is 1.83.